The predicted octanol–water partition coefficient (Wildman–Crippen LogP) is 4.32. The van der Waals surface area contributed by atoms with E-state index in [2.05, 4.69) is 30.9 Å². The second-order valence-corrected chi connectivity index (χ2v) is 6.91. The zero-order valence-electron chi connectivity index (χ0n) is 14.2. The van der Waals surface area contributed by atoms with Crippen LogP contribution in [0.2, 0.25) is 0 Å². The molecule has 0 atom stereocenters. The molecule has 28 heavy (non-hydrogen) atoms. The number of fused-ring (bicyclic) bond motifs is 1. The Morgan fingerprint density at radius 2 is 1.89 bits per heavy atom. The lowest BCUT2D eigenvalue weighted by Gasteiger charge is -2.10. The van der Waals surface area contributed by atoms with Gasteiger partial charge in [0, 0.05) is 27.7 Å². The summed E-state index contributed by atoms with van der Waals surface area (Å²) in [6.07, 6.45) is 1.60. The zero-order valence-corrected chi connectivity index (χ0v) is 15.8. The van der Waals surface area contributed by atoms with Crippen molar-refractivity contribution < 1.29 is 10.0 Å². The van der Waals surface area contributed by atoms with Crippen molar-refractivity contribution in [1.82, 2.24) is 15.0 Å². The second-order valence-electron chi connectivity index (χ2n) is 5.99. The van der Waals surface area contributed by atoms with Gasteiger partial charge in [0.1, 0.15) is 0 Å². The average molecular weight is 438 g/mol. The predicted molar refractivity (Wildman–Crippen MR) is 109 cm³/mol. The number of nitrogen functional groups attached to an aromatic ring is 1. The topological polar surface area (TPSA) is 128 Å². The Bertz CT molecular complexity index is 1250. The van der Waals surface area contributed by atoms with Crippen molar-refractivity contribution in [3.63, 3.8) is 0 Å². The lowest BCUT2D eigenvalue weighted by atomic mass is 10.00. The van der Waals surface area contributed by atoms with Crippen molar-refractivity contribution in [3.05, 3.63) is 69.3 Å². The number of hydrogen-bond donors (Lipinski definition) is 2. The summed E-state index contributed by atoms with van der Waals surface area (Å²) in [4.78, 5) is 23.3. The van der Waals surface area contributed by atoms with E-state index >= 15 is 0 Å². The first-order chi connectivity index (χ1) is 13.4. The first kappa shape index (κ1) is 17.8. The highest BCUT2D eigenvalue weighted by Gasteiger charge is 2.17. The second kappa shape index (κ2) is 6.86. The minimum atomic E-state index is -0.644. The Kier molecular flexibility index (Phi) is 4.36. The third-order valence-corrected chi connectivity index (χ3v) is 4.68. The molecule has 9 heteroatoms. The van der Waals surface area contributed by atoms with Gasteiger partial charge in [-0.3, -0.25) is 10.1 Å². The van der Waals surface area contributed by atoms with Crippen molar-refractivity contribution in [2.75, 3.05) is 5.73 Å². The number of aromatic nitrogens is 3. The quantitative estimate of drug-likeness (QED) is 0.360. The highest BCUT2D eigenvalue weighted by atomic mass is 79.9. The molecule has 0 unspecified atom stereocenters. The number of nitrogens with two attached hydrogens (primary N) is 1. The summed E-state index contributed by atoms with van der Waals surface area (Å²) in [7, 11) is 0. The molecule has 2 heterocycles. The van der Waals surface area contributed by atoms with Crippen LogP contribution in [0.3, 0.4) is 0 Å². The molecule has 0 radical (unpaired) electrons. The Morgan fingerprint density at radius 1 is 1.07 bits per heavy atom. The Labute approximate surface area is 167 Å². The molecular formula is C19H12BrN5O3. The zero-order chi connectivity index (χ0) is 19.8. The van der Waals surface area contributed by atoms with Gasteiger partial charge in [-0.15, -0.1) is 0 Å². The number of pyridine rings is 1. The minimum Gasteiger partial charge on any atom is -0.502 e. The normalized spacial score (nSPS) is 10.9. The summed E-state index contributed by atoms with van der Waals surface area (Å²) in [5, 5.41) is 21.6. The van der Waals surface area contributed by atoms with E-state index in [4.69, 9.17) is 5.73 Å². The molecule has 0 saturated carbocycles. The third kappa shape index (κ3) is 3.23. The lowest BCUT2D eigenvalue weighted by molar-refractivity contribution is -0.385. The largest absolute Gasteiger partial charge is 0.502 e. The minimum absolute atomic E-state index is 0.0778. The monoisotopic (exact) mass is 437 g/mol. The summed E-state index contributed by atoms with van der Waals surface area (Å²) in [6, 6.07) is 13.6. The lowest BCUT2D eigenvalue weighted by Crippen LogP contribution is -1.98. The van der Waals surface area contributed by atoms with E-state index in [1.54, 1.807) is 18.3 Å². The first-order valence-electron chi connectivity index (χ1n) is 8.09. The highest BCUT2D eigenvalue weighted by molar-refractivity contribution is 9.10. The van der Waals surface area contributed by atoms with Crippen molar-refractivity contribution in [2.45, 2.75) is 0 Å². The number of aromatic hydroxyl groups is 1. The SMILES string of the molecule is Nc1ncc2c(-c3cccc(Br)c3)cc(-c3ccc(O)c([N+](=O)[O-])c3)nc2n1. The van der Waals surface area contributed by atoms with Crippen LogP contribution in [0.15, 0.2) is 59.2 Å². The summed E-state index contributed by atoms with van der Waals surface area (Å²) < 4.78 is 0.896. The summed E-state index contributed by atoms with van der Waals surface area (Å²) in [5.74, 6) is -0.331. The summed E-state index contributed by atoms with van der Waals surface area (Å²) in [5.41, 5.74) is 8.32. The van der Waals surface area contributed by atoms with Crippen LogP contribution < -0.4 is 5.73 Å². The van der Waals surface area contributed by atoms with E-state index in [9.17, 15) is 15.2 Å². The van der Waals surface area contributed by atoms with Gasteiger partial charge in [-0.25, -0.2) is 9.97 Å². The number of hydrogen-bond acceptors (Lipinski definition) is 7. The van der Waals surface area contributed by atoms with E-state index in [1.807, 2.05) is 24.3 Å². The van der Waals surface area contributed by atoms with Gasteiger partial charge in [-0.05, 0) is 41.5 Å². The van der Waals surface area contributed by atoms with E-state index < -0.39 is 16.4 Å². The number of phenolic OH excluding ortho intramolecular Hbond substituents is 1. The van der Waals surface area contributed by atoms with Gasteiger partial charge in [0.2, 0.25) is 5.95 Å². The van der Waals surface area contributed by atoms with Crippen LogP contribution >= 0.6 is 15.9 Å². The fourth-order valence-corrected chi connectivity index (χ4v) is 3.29. The molecule has 0 aliphatic carbocycles. The average Bonchev–Trinajstić information content (AvgIpc) is 2.67. The number of anilines is 1. The van der Waals surface area contributed by atoms with Crippen LogP contribution in [-0.2, 0) is 0 Å². The Hall–Kier alpha value is -3.59. The molecule has 3 N–H and O–H groups in total. The Balaban J connectivity index is 2.00. The molecule has 0 bridgehead atoms. The number of nitro groups is 1. The van der Waals surface area contributed by atoms with E-state index in [0.717, 1.165) is 15.6 Å². The van der Waals surface area contributed by atoms with Crippen molar-refractivity contribution >= 4 is 38.6 Å². The molecule has 8 nitrogen and oxygen atoms in total. The van der Waals surface area contributed by atoms with Gasteiger partial charge < -0.3 is 10.8 Å². The summed E-state index contributed by atoms with van der Waals surface area (Å²) >= 11 is 3.46. The highest BCUT2D eigenvalue weighted by Crippen LogP contribution is 2.35. The molecule has 0 amide bonds. The van der Waals surface area contributed by atoms with Crippen LogP contribution in [-0.4, -0.2) is 25.0 Å². The molecule has 0 spiro atoms. The maximum absolute atomic E-state index is 11.2. The van der Waals surface area contributed by atoms with Gasteiger partial charge in [-0.1, -0.05) is 28.1 Å². The number of phenols is 1. The maximum Gasteiger partial charge on any atom is 0.311 e. The van der Waals surface area contributed by atoms with Crippen LogP contribution in [0.1, 0.15) is 0 Å². The van der Waals surface area contributed by atoms with Crippen LogP contribution in [0.4, 0.5) is 11.6 Å². The molecule has 0 fully saturated rings. The molecule has 0 aliphatic rings. The molecule has 4 rings (SSSR count). The maximum atomic E-state index is 11.2. The van der Waals surface area contributed by atoms with E-state index in [0.29, 0.717) is 22.3 Å². The van der Waals surface area contributed by atoms with E-state index in [1.165, 1.54) is 12.1 Å². The van der Waals surface area contributed by atoms with Gasteiger partial charge in [-0.2, -0.15) is 4.98 Å². The fraction of sp³-hybridized carbons (Fsp3) is 0. The molecular weight excluding hydrogens is 426 g/mol. The van der Waals surface area contributed by atoms with Crippen LogP contribution in [0.25, 0.3) is 33.4 Å². The van der Waals surface area contributed by atoms with Gasteiger partial charge in [0.15, 0.2) is 11.4 Å². The third-order valence-electron chi connectivity index (χ3n) is 4.19. The smallest absolute Gasteiger partial charge is 0.311 e. The molecule has 138 valence electrons. The summed E-state index contributed by atoms with van der Waals surface area (Å²) in [6.45, 7) is 0. The number of rotatable bonds is 3. The van der Waals surface area contributed by atoms with E-state index in [-0.39, 0.29) is 5.95 Å². The molecule has 0 saturated heterocycles. The van der Waals surface area contributed by atoms with Crippen molar-refractivity contribution in [2.24, 2.45) is 0 Å². The van der Waals surface area contributed by atoms with Gasteiger partial charge in [0.25, 0.3) is 0 Å². The van der Waals surface area contributed by atoms with Gasteiger partial charge in [0.05, 0.1) is 10.6 Å². The number of nitrogens with zero attached hydrogens (tertiary/aromatic N) is 4. The van der Waals surface area contributed by atoms with Crippen LogP contribution in [0.5, 0.6) is 5.75 Å². The number of benzene rings is 2. The fourth-order valence-electron chi connectivity index (χ4n) is 2.89. The van der Waals surface area contributed by atoms with Crippen LogP contribution in [0, 0.1) is 10.1 Å². The number of nitro benzene ring substituents is 1. The first-order valence-corrected chi connectivity index (χ1v) is 8.88. The van der Waals surface area contributed by atoms with Crippen molar-refractivity contribution in [3.8, 4) is 28.1 Å². The molecule has 0 aliphatic heterocycles. The molecule has 2 aromatic carbocycles. The van der Waals surface area contributed by atoms with Crippen molar-refractivity contribution in [1.29, 1.82) is 0 Å². The molecule has 4 aromatic rings. The molecule has 2 aromatic heterocycles. The Morgan fingerprint density at radius 3 is 2.64 bits per heavy atom. The standard InChI is InChI=1S/C19H12BrN5O3/c20-12-3-1-2-10(6-12)13-8-15(23-18-14(13)9-22-19(21)24-18)11-4-5-17(26)16(7-11)25(27)28/h1-9,26H,(H2,21,22,23,24). The van der Waals surface area contributed by atoms with Gasteiger partial charge >= 0.3 is 5.69 Å². The number of halogens is 1.